The molecule has 1 aliphatic heterocycles. The molecule has 0 aliphatic carbocycles. The van der Waals surface area contributed by atoms with E-state index in [4.69, 9.17) is 18.9 Å². The molecule has 1 heterocycles. The van der Waals surface area contributed by atoms with E-state index in [0.29, 0.717) is 12.2 Å². The summed E-state index contributed by atoms with van der Waals surface area (Å²) in [4.78, 5) is 24.8. The summed E-state index contributed by atoms with van der Waals surface area (Å²) in [6.45, 7) is 3.94. The van der Waals surface area contributed by atoms with E-state index >= 15 is 0 Å². The Morgan fingerprint density at radius 1 is 0.931 bits per heavy atom. The first-order valence-electron chi connectivity index (χ1n) is 9.66. The standard InChI is InChI=1S/C23H26O6/c1-15-19(27-14-17-10-6-4-7-11-17)21(16(2)28-20(15)23(25)26-3)29-22(24)18-12-8-5-9-13-18/h4-13,15-16,19-21H,14H2,1-3H3/t15-,16+,19+,20?,21?/m0/s1. The monoisotopic (exact) mass is 398 g/mol. The van der Waals surface area contributed by atoms with Gasteiger partial charge < -0.3 is 18.9 Å². The van der Waals surface area contributed by atoms with E-state index < -0.39 is 36.4 Å². The predicted molar refractivity (Wildman–Crippen MR) is 106 cm³/mol. The lowest BCUT2D eigenvalue weighted by atomic mass is 9.88. The zero-order chi connectivity index (χ0) is 20.8. The van der Waals surface area contributed by atoms with Gasteiger partial charge in [-0.3, -0.25) is 0 Å². The number of esters is 2. The van der Waals surface area contributed by atoms with Crippen molar-refractivity contribution >= 4 is 11.9 Å². The molecule has 0 saturated carbocycles. The van der Waals surface area contributed by atoms with Crippen LogP contribution in [0.3, 0.4) is 0 Å². The second-order valence-corrected chi connectivity index (χ2v) is 7.14. The average Bonchev–Trinajstić information content (AvgIpc) is 2.76. The summed E-state index contributed by atoms with van der Waals surface area (Å²) in [6.07, 6.45) is -2.52. The van der Waals surface area contributed by atoms with Gasteiger partial charge in [0.2, 0.25) is 0 Å². The molecule has 6 nitrogen and oxygen atoms in total. The van der Waals surface area contributed by atoms with Crippen LogP contribution in [-0.4, -0.2) is 43.5 Å². The maximum absolute atomic E-state index is 12.6. The maximum Gasteiger partial charge on any atom is 0.338 e. The Balaban J connectivity index is 1.80. The minimum atomic E-state index is -0.789. The molecule has 154 valence electrons. The number of benzene rings is 2. The first-order valence-corrected chi connectivity index (χ1v) is 9.66. The van der Waals surface area contributed by atoms with Gasteiger partial charge in [-0.15, -0.1) is 0 Å². The Hall–Kier alpha value is -2.70. The number of carbonyl (C=O) groups excluding carboxylic acids is 2. The number of carbonyl (C=O) groups is 2. The molecule has 1 fully saturated rings. The first kappa shape index (κ1) is 21.0. The van der Waals surface area contributed by atoms with Crippen LogP contribution in [0, 0.1) is 5.92 Å². The zero-order valence-electron chi connectivity index (χ0n) is 16.8. The molecule has 29 heavy (non-hydrogen) atoms. The van der Waals surface area contributed by atoms with Gasteiger partial charge in [0.15, 0.2) is 12.2 Å². The van der Waals surface area contributed by atoms with Crippen LogP contribution in [0.5, 0.6) is 0 Å². The number of rotatable bonds is 6. The molecule has 3 rings (SSSR count). The molecular weight excluding hydrogens is 372 g/mol. The molecule has 5 atom stereocenters. The maximum atomic E-state index is 12.6. The minimum Gasteiger partial charge on any atom is -0.467 e. The van der Waals surface area contributed by atoms with Crippen LogP contribution in [0.4, 0.5) is 0 Å². The molecule has 0 amide bonds. The van der Waals surface area contributed by atoms with E-state index in [0.717, 1.165) is 5.56 Å². The second-order valence-electron chi connectivity index (χ2n) is 7.14. The van der Waals surface area contributed by atoms with Crippen LogP contribution >= 0.6 is 0 Å². The van der Waals surface area contributed by atoms with E-state index in [2.05, 4.69) is 0 Å². The van der Waals surface area contributed by atoms with E-state index in [1.807, 2.05) is 43.3 Å². The molecule has 6 heteroatoms. The number of hydrogen-bond acceptors (Lipinski definition) is 6. The van der Waals surface area contributed by atoms with Crippen LogP contribution in [0.25, 0.3) is 0 Å². The molecule has 1 saturated heterocycles. The van der Waals surface area contributed by atoms with Crippen molar-refractivity contribution in [1.82, 2.24) is 0 Å². The summed E-state index contributed by atoms with van der Waals surface area (Å²) < 4.78 is 22.7. The van der Waals surface area contributed by atoms with Crippen LogP contribution in [0.15, 0.2) is 60.7 Å². The lowest BCUT2D eigenvalue weighted by Crippen LogP contribution is -2.57. The van der Waals surface area contributed by atoms with E-state index in [-0.39, 0.29) is 5.92 Å². The molecular formula is C23H26O6. The first-order chi connectivity index (χ1) is 14.0. The highest BCUT2D eigenvalue weighted by Gasteiger charge is 2.48. The van der Waals surface area contributed by atoms with Gasteiger partial charge in [-0.2, -0.15) is 0 Å². The fourth-order valence-corrected chi connectivity index (χ4v) is 3.50. The third-order valence-corrected chi connectivity index (χ3v) is 5.11. The smallest absolute Gasteiger partial charge is 0.338 e. The number of methoxy groups -OCH3 is 1. The fraction of sp³-hybridized carbons (Fsp3) is 0.391. The van der Waals surface area contributed by atoms with Crippen LogP contribution in [-0.2, 0) is 30.3 Å². The van der Waals surface area contributed by atoms with Crippen molar-refractivity contribution in [2.45, 2.75) is 44.9 Å². The Labute approximate surface area is 170 Å². The van der Waals surface area contributed by atoms with Gasteiger partial charge in [-0.1, -0.05) is 55.5 Å². The molecule has 0 radical (unpaired) electrons. The molecule has 0 N–H and O–H groups in total. The van der Waals surface area contributed by atoms with Gasteiger partial charge in [0.05, 0.1) is 25.4 Å². The Kier molecular flexibility index (Phi) is 7.01. The van der Waals surface area contributed by atoms with Gasteiger partial charge in [-0.25, -0.2) is 9.59 Å². The van der Waals surface area contributed by atoms with Crippen molar-refractivity contribution in [3.05, 3.63) is 71.8 Å². The topological polar surface area (TPSA) is 71.1 Å². The third-order valence-electron chi connectivity index (χ3n) is 5.11. The number of hydrogen-bond donors (Lipinski definition) is 0. The second kappa shape index (κ2) is 9.67. The Morgan fingerprint density at radius 3 is 2.17 bits per heavy atom. The Morgan fingerprint density at radius 2 is 1.55 bits per heavy atom. The molecule has 1 aliphatic rings. The van der Waals surface area contributed by atoms with Crippen molar-refractivity contribution in [3.63, 3.8) is 0 Å². The van der Waals surface area contributed by atoms with Crippen molar-refractivity contribution in [3.8, 4) is 0 Å². The summed E-state index contributed by atoms with van der Waals surface area (Å²) in [5.74, 6) is -1.29. The van der Waals surface area contributed by atoms with E-state index in [1.165, 1.54) is 7.11 Å². The van der Waals surface area contributed by atoms with Crippen LogP contribution < -0.4 is 0 Å². The third kappa shape index (κ3) is 5.02. The highest BCUT2D eigenvalue weighted by molar-refractivity contribution is 5.89. The van der Waals surface area contributed by atoms with Gasteiger partial charge in [0.25, 0.3) is 0 Å². The van der Waals surface area contributed by atoms with Crippen molar-refractivity contribution in [2.24, 2.45) is 5.92 Å². The van der Waals surface area contributed by atoms with Gasteiger partial charge in [0, 0.05) is 5.92 Å². The van der Waals surface area contributed by atoms with Crippen molar-refractivity contribution in [1.29, 1.82) is 0 Å². The van der Waals surface area contributed by atoms with Crippen molar-refractivity contribution < 1.29 is 28.5 Å². The summed E-state index contributed by atoms with van der Waals surface area (Å²) in [7, 11) is 1.32. The van der Waals surface area contributed by atoms with E-state index in [1.54, 1.807) is 31.2 Å². The normalized spacial score (nSPS) is 26.5. The summed E-state index contributed by atoms with van der Waals surface area (Å²) >= 11 is 0. The SMILES string of the molecule is COC(=O)C1O[C@H](C)C(OC(=O)c2ccccc2)[C@H](OCc2ccccc2)[C@@H]1C. The largest absolute Gasteiger partial charge is 0.467 e. The highest BCUT2D eigenvalue weighted by Crippen LogP contribution is 2.32. The molecule has 2 unspecified atom stereocenters. The quantitative estimate of drug-likeness (QED) is 0.695. The van der Waals surface area contributed by atoms with Gasteiger partial charge in [-0.05, 0) is 24.6 Å². The highest BCUT2D eigenvalue weighted by atomic mass is 16.6. The molecule has 2 aromatic carbocycles. The Bertz CT molecular complexity index is 807. The zero-order valence-corrected chi connectivity index (χ0v) is 16.8. The van der Waals surface area contributed by atoms with Gasteiger partial charge in [0.1, 0.15) is 6.10 Å². The number of ether oxygens (including phenoxy) is 4. The van der Waals surface area contributed by atoms with Crippen LogP contribution in [0.1, 0.15) is 29.8 Å². The van der Waals surface area contributed by atoms with Crippen LogP contribution in [0.2, 0.25) is 0 Å². The summed E-state index contributed by atoms with van der Waals surface area (Å²) in [6, 6.07) is 18.5. The van der Waals surface area contributed by atoms with Crippen molar-refractivity contribution in [2.75, 3.05) is 7.11 Å². The minimum absolute atomic E-state index is 0.329. The fourth-order valence-electron chi connectivity index (χ4n) is 3.50. The molecule has 0 spiro atoms. The summed E-state index contributed by atoms with van der Waals surface area (Å²) in [5.41, 5.74) is 1.44. The predicted octanol–water partition coefficient (Wildman–Crippen LogP) is 3.39. The van der Waals surface area contributed by atoms with E-state index in [9.17, 15) is 9.59 Å². The average molecular weight is 398 g/mol. The summed E-state index contributed by atoms with van der Waals surface area (Å²) in [5, 5.41) is 0. The molecule has 2 aromatic rings. The lowest BCUT2D eigenvalue weighted by Gasteiger charge is -2.43. The molecule has 0 bridgehead atoms. The van der Waals surface area contributed by atoms with Gasteiger partial charge >= 0.3 is 11.9 Å². The lowest BCUT2D eigenvalue weighted by molar-refractivity contribution is -0.218. The molecule has 0 aromatic heterocycles.